The Morgan fingerprint density at radius 2 is 2.06 bits per heavy atom. The number of aryl methyl sites for hydroxylation is 1. The SMILES string of the molecule is C=N/C(=C\C(=C/C)OCCO)c1nc2c(c(N(C)CC(=O)NC3CCCCC3)n1)CCC2. The molecule has 1 heterocycles. The lowest BCUT2D eigenvalue weighted by Crippen LogP contribution is -2.42. The number of nitrogens with zero attached hydrogens (tertiary/aromatic N) is 4. The zero-order chi connectivity index (χ0) is 22.9. The fourth-order valence-corrected chi connectivity index (χ4v) is 4.34. The monoisotopic (exact) mass is 441 g/mol. The summed E-state index contributed by atoms with van der Waals surface area (Å²) in [5.74, 6) is 1.82. The fourth-order valence-electron chi connectivity index (χ4n) is 4.34. The quantitative estimate of drug-likeness (QED) is 0.329. The van der Waals surface area contributed by atoms with Crippen molar-refractivity contribution in [1.82, 2.24) is 15.3 Å². The van der Waals surface area contributed by atoms with Crippen LogP contribution in [0.25, 0.3) is 5.70 Å². The molecule has 0 aliphatic heterocycles. The molecule has 0 unspecified atom stereocenters. The van der Waals surface area contributed by atoms with Crippen molar-refractivity contribution < 1.29 is 14.6 Å². The van der Waals surface area contributed by atoms with E-state index in [0.29, 0.717) is 17.3 Å². The van der Waals surface area contributed by atoms with Crippen molar-refractivity contribution in [3.05, 3.63) is 35.0 Å². The zero-order valence-corrected chi connectivity index (χ0v) is 19.3. The van der Waals surface area contributed by atoms with Crippen LogP contribution >= 0.6 is 0 Å². The number of amides is 1. The third kappa shape index (κ3) is 6.16. The van der Waals surface area contributed by atoms with Crippen LogP contribution in [0.3, 0.4) is 0 Å². The summed E-state index contributed by atoms with van der Waals surface area (Å²) in [5.41, 5.74) is 2.59. The van der Waals surface area contributed by atoms with Crippen molar-refractivity contribution in [2.24, 2.45) is 4.99 Å². The number of allylic oxidation sites excluding steroid dienone is 2. The first kappa shape index (κ1) is 23.9. The van der Waals surface area contributed by atoms with Gasteiger partial charge in [-0.2, -0.15) is 0 Å². The molecule has 1 saturated carbocycles. The first-order chi connectivity index (χ1) is 15.5. The molecule has 1 amide bonds. The van der Waals surface area contributed by atoms with Crippen LogP contribution in [0.1, 0.15) is 62.5 Å². The normalized spacial score (nSPS) is 17.1. The number of hydrogen-bond acceptors (Lipinski definition) is 7. The minimum absolute atomic E-state index is 0.0255. The number of hydrogen-bond donors (Lipinski definition) is 2. The number of anilines is 1. The number of ether oxygens (including phenoxy) is 1. The highest BCUT2D eigenvalue weighted by Crippen LogP contribution is 2.30. The van der Waals surface area contributed by atoms with Crippen LogP contribution in [0.4, 0.5) is 5.82 Å². The second-order valence-electron chi connectivity index (χ2n) is 8.36. The Morgan fingerprint density at radius 3 is 2.75 bits per heavy atom. The molecule has 8 heteroatoms. The van der Waals surface area contributed by atoms with E-state index in [9.17, 15) is 4.79 Å². The van der Waals surface area contributed by atoms with E-state index in [1.165, 1.54) is 19.3 Å². The Kier molecular flexibility index (Phi) is 8.79. The van der Waals surface area contributed by atoms with E-state index in [4.69, 9.17) is 19.8 Å². The van der Waals surface area contributed by atoms with E-state index in [-0.39, 0.29) is 31.7 Å². The summed E-state index contributed by atoms with van der Waals surface area (Å²) in [7, 11) is 1.90. The number of likely N-dealkylation sites (N-methyl/N-ethyl adjacent to an activating group) is 1. The summed E-state index contributed by atoms with van der Waals surface area (Å²) < 4.78 is 5.52. The summed E-state index contributed by atoms with van der Waals surface area (Å²) in [4.78, 5) is 28.2. The Bertz CT molecular complexity index is 875. The predicted octanol–water partition coefficient (Wildman–Crippen LogP) is 2.80. The minimum Gasteiger partial charge on any atom is -0.491 e. The molecule has 174 valence electrons. The van der Waals surface area contributed by atoms with Crippen molar-refractivity contribution >= 4 is 24.1 Å². The summed E-state index contributed by atoms with van der Waals surface area (Å²) in [5, 5.41) is 12.2. The molecule has 0 atom stereocenters. The highest BCUT2D eigenvalue weighted by Gasteiger charge is 2.24. The van der Waals surface area contributed by atoms with E-state index in [1.54, 1.807) is 12.2 Å². The molecule has 0 aromatic carbocycles. The number of aromatic nitrogens is 2. The van der Waals surface area contributed by atoms with Crippen molar-refractivity contribution in [3.8, 4) is 0 Å². The van der Waals surface area contributed by atoms with Gasteiger partial charge in [0.1, 0.15) is 23.9 Å². The van der Waals surface area contributed by atoms with Crippen LogP contribution in [-0.4, -0.2) is 60.5 Å². The average molecular weight is 442 g/mol. The van der Waals surface area contributed by atoms with E-state index >= 15 is 0 Å². The number of aliphatic hydroxyl groups is 1. The Morgan fingerprint density at radius 1 is 1.28 bits per heavy atom. The number of carbonyl (C=O) groups is 1. The molecule has 1 fully saturated rings. The topological polar surface area (TPSA) is 99.9 Å². The van der Waals surface area contributed by atoms with Crippen LogP contribution in [0.15, 0.2) is 22.9 Å². The number of fused-ring (bicyclic) bond motifs is 1. The van der Waals surface area contributed by atoms with Gasteiger partial charge < -0.3 is 20.1 Å². The molecule has 0 spiro atoms. The maximum Gasteiger partial charge on any atom is 0.239 e. The van der Waals surface area contributed by atoms with Gasteiger partial charge in [-0.3, -0.25) is 9.79 Å². The third-order valence-corrected chi connectivity index (χ3v) is 5.95. The van der Waals surface area contributed by atoms with Crippen LogP contribution < -0.4 is 10.2 Å². The number of rotatable bonds is 10. The van der Waals surface area contributed by atoms with Gasteiger partial charge in [-0.1, -0.05) is 19.3 Å². The fraction of sp³-hybridized carbons (Fsp3) is 0.583. The van der Waals surface area contributed by atoms with Gasteiger partial charge in [0.05, 0.1) is 13.2 Å². The molecule has 1 aromatic rings. The number of nitrogens with one attached hydrogen (secondary N) is 1. The molecule has 8 nitrogen and oxygen atoms in total. The second-order valence-corrected chi connectivity index (χ2v) is 8.36. The van der Waals surface area contributed by atoms with E-state index in [1.807, 2.05) is 18.9 Å². The lowest BCUT2D eigenvalue weighted by molar-refractivity contribution is -0.120. The van der Waals surface area contributed by atoms with Gasteiger partial charge in [0.2, 0.25) is 5.91 Å². The van der Waals surface area contributed by atoms with Crippen LogP contribution in [0.5, 0.6) is 0 Å². The Balaban J connectivity index is 1.81. The van der Waals surface area contributed by atoms with E-state index < -0.39 is 0 Å². The standard InChI is InChI=1S/C24H35N5O3/c1-4-18(32-14-13-30)15-21(25-2)23-27-20-12-8-11-19(20)24(28-23)29(3)16-22(31)26-17-9-6-5-7-10-17/h4,15,17,30H,2,5-14,16H2,1,3H3,(H,26,31)/b18-4+,21-15-. The lowest BCUT2D eigenvalue weighted by atomic mass is 9.95. The summed E-state index contributed by atoms with van der Waals surface area (Å²) >= 11 is 0. The molecule has 2 aliphatic rings. The predicted molar refractivity (Wildman–Crippen MR) is 127 cm³/mol. The van der Waals surface area contributed by atoms with Crippen LogP contribution in [0, 0.1) is 0 Å². The summed E-state index contributed by atoms with van der Waals surface area (Å²) in [6, 6.07) is 0.286. The van der Waals surface area contributed by atoms with E-state index in [0.717, 1.165) is 49.2 Å². The molecule has 3 rings (SSSR count). The van der Waals surface area contributed by atoms with Crippen LogP contribution in [-0.2, 0) is 22.4 Å². The molecular weight excluding hydrogens is 406 g/mol. The van der Waals surface area contributed by atoms with Crippen molar-refractivity contribution in [2.45, 2.75) is 64.3 Å². The largest absolute Gasteiger partial charge is 0.491 e. The third-order valence-electron chi connectivity index (χ3n) is 5.95. The van der Waals surface area contributed by atoms with Gasteiger partial charge in [-0.15, -0.1) is 0 Å². The van der Waals surface area contributed by atoms with Gasteiger partial charge in [0, 0.05) is 30.4 Å². The first-order valence-electron chi connectivity index (χ1n) is 11.5. The number of aliphatic hydroxyl groups excluding tert-OH is 1. The summed E-state index contributed by atoms with van der Waals surface area (Å²) in [6.45, 7) is 5.89. The molecule has 1 aromatic heterocycles. The summed E-state index contributed by atoms with van der Waals surface area (Å²) in [6.07, 6.45) is 12.1. The zero-order valence-electron chi connectivity index (χ0n) is 19.3. The maximum absolute atomic E-state index is 12.7. The van der Waals surface area contributed by atoms with Crippen molar-refractivity contribution in [3.63, 3.8) is 0 Å². The number of carbonyl (C=O) groups excluding carboxylic acids is 1. The second kappa shape index (κ2) is 11.8. The van der Waals surface area contributed by atoms with Gasteiger partial charge in [-0.25, -0.2) is 9.97 Å². The molecular formula is C24H35N5O3. The molecule has 0 bridgehead atoms. The molecule has 2 N–H and O–H groups in total. The molecule has 0 saturated heterocycles. The first-order valence-corrected chi connectivity index (χ1v) is 11.5. The van der Waals surface area contributed by atoms with E-state index in [2.05, 4.69) is 17.0 Å². The van der Waals surface area contributed by atoms with Gasteiger partial charge in [-0.05, 0) is 51.8 Å². The highest BCUT2D eigenvalue weighted by atomic mass is 16.5. The molecule has 2 aliphatic carbocycles. The number of aliphatic imine (C=N–C) groups is 1. The lowest BCUT2D eigenvalue weighted by Gasteiger charge is -2.25. The maximum atomic E-state index is 12.7. The smallest absolute Gasteiger partial charge is 0.239 e. The van der Waals surface area contributed by atoms with Gasteiger partial charge in [0.15, 0.2) is 5.82 Å². The van der Waals surface area contributed by atoms with Gasteiger partial charge in [0.25, 0.3) is 0 Å². The van der Waals surface area contributed by atoms with Gasteiger partial charge >= 0.3 is 0 Å². The minimum atomic E-state index is -0.0742. The van der Waals surface area contributed by atoms with Crippen LogP contribution in [0.2, 0.25) is 0 Å². The average Bonchev–Trinajstić information content (AvgIpc) is 3.28. The Hall–Kier alpha value is -2.74. The van der Waals surface area contributed by atoms with Crippen molar-refractivity contribution in [1.29, 1.82) is 0 Å². The Labute approximate surface area is 190 Å². The highest BCUT2D eigenvalue weighted by molar-refractivity contribution is 5.81. The van der Waals surface area contributed by atoms with Crippen molar-refractivity contribution in [2.75, 3.05) is 31.7 Å². The molecule has 32 heavy (non-hydrogen) atoms. The molecule has 0 radical (unpaired) electrons.